The fraction of sp³-hybridized carbons (Fsp3) is 0.727. The lowest BCUT2D eigenvalue weighted by molar-refractivity contribution is -0.135. The Balaban J connectivity index is 2.32. The second-order valence-corrected chi connectivity index (χ2v) is 4.22. The lowest BCUT2D eigenvalue weighted by atomic mass is 9.65. The van der Waals surface area contributed by atoms with Crippen LogP contribution in [0, 0.1) is 11.8 Å². The molecule has 72 valence electrons. The maximum Gasteiger partial charge on any atom is 0.136 e. The summed E-state index contributed by atoms with van der Waals surface area (Å²) in [5.41, 5.74) is -0.263. The molecule has 0 spiro atoms. The minimum absolute atomic E-state index is 0.0984. The number of ether oxygens (including phenoxy) is 1. The molecule has 0 radical (unpaired) electrons. The molecule has 2 nitrogen and oxygen atoms in total. The van der Waals surface area contributed by atoms with Crippen LogP contribution in [0.4, 0.5) is 0 Å². The Morgan fingerprint density at radius 1 is 1.62 bits per heavy atom. The van der Waals surface area contributed by atoms with Crippen molar-refractivity contribution in [1.29, 1.82) is 0 Å². The van der Waals surface area contributed by atoms with Crippen LogP contribution in [0.1, 0.15) is 26.2 Å². The Hall–Kier alpha value is -0.630. The van der Waals surface area contributed by atoms with E-state index in [9.17, 15) is 4.79 Å². The van der Waals surface area contributed by atoms with Crippen molar-refractivity contribution in [2.45, 2.75) is 31.8 Å². The molecule has 0 N–H and O–H groups in total. The van der Waals surface area contributed by atoms with Gasteiger partial charge in [-0.1, -0.05) is 12.2 Å². The van der Waals surface area contributed by atoms with Crippen LogP contribution in [-0.4, -0.2) is 18.5 Å². The van der Waals surface area contributed by atoms with Gasteiger partial charge in [0.05, 0.1) is 11.5 Å². The van der Waals surface area contributed by atoms with Gasteiger partial charge in [0.1, 0.15) is 5.78 Å². The van der Waals surface area contributed by atoms with Crippen molar-refractivity contribution in [3.63, 3.8) is 0 Å². The predicted molar refractivity (Wildman–Crippen MR) is 50.4 cm³/mol. The van der Waals surface area contributed by atoms with E-state index < -0.39 is 0 Å². The molecule has 2 bridgehead atoms. The Morgan fingerprint density at radius 3 is 2.77 bits per heavy atom. The molecular weight excluding hydrogens is 164 g/mol. The highest BCUT2D eigenvalue weighted by Crippen LogP contribution is 2.45. The summed E-state index contributed by atoms with van der Waals surface area (Å²) in [6.45, 7) is 1.68. The number of carbonyl (C=O) groups is 1. The largest absolute Gasteiger partial charge is 0.373 e. The maximum absolute atomic E-state index is 11.4. The second kappa shape index (κ2) is 2.95. The Bertz CT molecular complexity index is 257. The van der Waals surface area contributed by atoms with Crippen LogP contribution in [0.2, 0.25) is 0 Å². The van der Waals surface area contributed by atoms with Crippen LogP contribution in [0.15, 0.2) is 12.2 Å². The molecule has 0 heterocycles. The number of fused-ring (bicyclic) bond motifs is 2. The summed E-state index contributed by atoms with van der Waals surface area (Å²) in [4.78, 5) is 11.4. The SMILES string of the molecule is COC12C=CC(CC1)CC2C(C)=O. The highest BCUT2D eigenvalue weighted by molar-refractivity contribution is 5.80. The fourth-order valence-corrected chi connectivity index (χ4v) is 2.70. The van der Waals surface area contributed by atoms with Crippen molar-refractivity contribution in [3.8, 4) is 0 Å². The molecule has 0 aromatic carbocycles. The molecule has 0 aromatic rings. The van der Waals surface area contributed by atoms with Gasteiger partial charge in [-0.2, -0.15) is 0 Å². The maximum atomic E-state index is 11.4. The van der Waals surface area contributed by atoms with Gasteiger partial charge in [0.2, 0.25) is 0 Å². The zero-order chi connectivity index (χ0) is 9.47. The zero-order valence-corrected chi connectivity index (χ0v) is 8.25. The van der Waals surface area contributed by atoms with Gasteiger partial charge in [0, 0.05) is 7.11 Å². The quantitative estimate of drug-likeness (QED) is 0.607. The van der Waals surface area contributed by atoms with E-state index in [1.165, 1.54) is 6.42 Å². The van der Waals surface area contributed by atoms with E-state index in [-0.39, 0.29) is 17.3 Å². The zero-order valence-electron chi connectivity index (χ0n) is 8.25. The van der Waals surface area contributed by atoms with Crippen molar-refractivity contribution in [1.82, 2.24) is 0 Å². The van der Waals surface area contributed by atoms with E-state index in [4.69, 9.17) is 4.74 Å². The van der Waals surface area contributed by atoms with E-state index >= 15 is 0 Å². The van der Waals surface area contributed by atoms with Crippen molar-refractivity contribution in [2.24, 2.45) is 11.8 Å². The lowest BCUT2D eigenvalue weighted by Crippen LogP contribution is -2.48. The average molecular weight is 180 g/mol. The number of ketones is 1. The molecule has 3 aliphatic rings. The van der Waals surface area contributed by atoms with Gasteiger partial charge in [0.15, 0.2) is 0 Å². The first-order valence-electron chi connectivity index (χ1n) is 4.93. The van der Waals surface area contributed by atoms with Gasteiger partial charge in [-0.25, -0.2) is 0 Å². The summed E-state index contributed by atoms with van der Waals surface area (Å²) in [5, 5.41) is 0. The van der Waals surface area contributed by atoms with Crippen molar-refractivity contribution in [2.75, 3.05) is 7.11 Å². The first kappa shape index (κ1) is 8.95. The van der Waals surface area contributed by atoms with E-state index in [1.807, 2.05) is 0 Å². The van der Waals surface area contributed by atoms with E-state index in [1.54, 1.807) is 14.0 Å². The fourth-order valence-electron chi connectivity index (χ4n) is 2.70. The number of hydrogen-bond acceptors (Lipinski definition) is 2. The molecular formula is C11H16O2. The van der Waals surface area contributed by atoms with E-state index in [0.29, 0.717) is 5.92 Å². The molecule has 3 rings (SSSR count). The first-order chi connectivity index (χ1) is 6.18. The minimum Gasteiger partial charge on any atom is -0.373 e. The molecule has 0 aromatic heterocycles. The number of allylic oxidation sites excluding steroid dienone is 1. The lowest BCUT2D eigenvalue weighted by Gasteiger charge is -2.46. The topological polar surface area (TPSA) is 26.3 Å². The van der Waals surface area contributed by atoms with Crippen LogP contribution in [0.5, 0.6) is 0 Å². The minimum atomic E-state index is -0.263. The van der Waals surface area contributed by atoms with E-state index in [2.05, 4.69) is 12.2 Å². The molecule has 1 fully saturated rings. The summed E-state index contributed by atoms with van der Waals surface area (Å²) in [6, 6.07) is 0. The molecule has 13 heavy (non-hydrogen) atoms. The predicted octanol–water partition coefficient (Wildman–Crippen LogP) is 1.95. The van der Waals surface area contributed by atoms with Gasteiger partial charge in [-0.15, -0.1) is 0 Å². The van der Waals surface area contributed by atoms with E-state index in [0.717, 1.165) is 12.8 Å². The van der Waals surface area contributed by atoms with Crippen LogP contribution >= 0.6 is 0 Å². The summed E-state index contributed by atoms with van der Waals surface area (Å²) in [7, 11) is 1.71. The summed E-state index contributed by atoms with van der Waals surface area (Å²) in [5.74, 6) is 0.989. The number of carbonyl (C=O) groups excluding carboxylic acids is 1. The van der Waals surface area contributed by atoms with Gasteiger partial charge < -0.3 is 4.74 Å². The third-order valence-electron chi connectivity index (χ3n) is 3.56. The number of rotatable bonds is 2. The molecule has 2 heteroatoms. The Morgan fingerprint density at radius 2 is 2.38 bits per heavy atom. The van der Waals surface area contributed by atoms with Crippen molar-refractivity contribution < 1.29 is 9.53 Å². The smallest absolute Gasteiger partial charge is 0.136 e. The number of methoxy groups -OCH3 is 1. The molecule has 0 saturated heterocycles. The van der Waals surface area contributed by atoms with Crippen molar-refractivity contribution in [3.05, 3.63) is 12.2 Å². The van der Waals surface area contributed by atoms with Gasteiger partial charge in [-0.3, -0.25) is 4.79 Å². The van der Waals surface area contributed by atoms with Gasteiger partial charge >= 0.3 is 0 Å². The van der Waals surface area contributed by atoms with Crippen molar-refractivity contribution >= 4 is 5.78 Å². The summed E-state index contributed by atoms with van der Waals surface area (Å²) < 4.78 is 5.53. The monoisotopic (exact) mass is 180 g/mol. The highest BCUT2D eigenvalue weighted by Gasteiger charge is 2.46. The molecule has 3 atom stereocenters. The van der Waals surface area contributed by atoms with Gasteiger partial charge in [0.25, 0.3) is 0 Å². The number of hydrogen-bond donors (Lipinski definition) is 0. The average Bonchev–Trinajstić information content (AvgIpc) is 2.19. The highest BCUT2D eigenvalue weighted by atomic mass is 16.5. The normalized spacial score (nSPS) is 42.3. The molecule has 0 aliphatic heterocycles. The summed E-state index contributed by atoms with van der Waals surface area (Å²) >= 11 is 0. The first-order valence-corrected chi connectivity index (χ1v) is 4.93. The molecule has 3 unspecified atom stereocenters. The standard InChI is InChI=1S/C11H16O2/c1-8(12)10-7-9-3-5-11(10,13-2)6-4-9/h3,5,9-10H,4,6-7H2,1-2H3. The molecule has 1 saturated carbocycles. The van der Waals surface area contributed by atoms with Crippen LogP contribution in [0.3, 0.4) is 0 Å². The Labute approximate surface area is 79.0 Å². The second-order valence-electron chi connectivity index (χ2n) is 4.22. The third kappa shape index (κ3) is 1.24. The van der Waals surface area contributed by atoms with Crippen LogP contribution in [0.25, 0.3) is 0 Å². The molecule has 0 amide bonds. The van der Waals surface area contributed by atoms with Gasteiger partial charge in [-0.05, 0) is 32.1 Å². The van der Waals surface area contributed by atoms with Crippen LogP contribution in [-0.2, 0) is 9.53 Å². The number of Topliss-reactive ketones (excluding diaryl/α,β-unsaturated/α-hetero) is 1. The third-order valence-corrected chi connectivity index (χ3v) is 3.56. The molecule has 3 aliphatic carbocycles. The van der Waals surface area contributed by atoms with Crippen LogP contribution < -0.4 is 0 Å². The summed E-state index contributed by atoms with van der Waals surface area (Å²) in [6.07, 6.45) is 7.49. The Kier molecular flexibility index (Phi) is 2.03.